The summed E-state index contributed by atoms with van der Waals surface area (Å²) in [6.07, 6.45) is 4.15. The number of hydrogen-bond acceptors (Lipinski definition) is 3. The third-order valence-corrected chi connectivity index (χ3v) is 4.16. The van der Waals surface area contributed by atoms with Gasteiger partial charge in [0, 0.05) is 18.9 Å². The Labute approximate surface area is 103 Å². The summed E-state index contributed by atoms with van der Waals surface area (Å²) in [4.78, 5) is 25.5. The summed E-state index contributed by atoms with van der Waals surface area (Å²) in [7, 11) is 0. The van der Waals surface area contributed by atoms with Crippen molar-refractivity contribution in [1.29, 1.82) is 0 Å². The molecule has 2 rings (SSSR count). The predicted molar refractivity (Wildman–Crippen MR) is 65.4 cm³/mol. The van der Waals surface area contributed by atoms with E-state index in [4.69, 9.17) is 0 Å². The molecule has 4 heteroatoms. The molecule has 0 aromatic heterocycles. The third kappa shape index (κ3) is 2.86. The summed E-state index contributed by atoms with van der Waals surface area (Å²) in [6, 6.07) is 0.554. The van der Waals surface area contributed by atoms with Crippen molar-refractivity contribution in [2.75, 3.05) is 13.1 Å². The SMILES string of the molecule is CC(C)N1CCCC2(CC1)CC(=O)NC(=O)C2. The summed E-state index contributed by atoms with van der Waals surface area (Å²) in [5.41, 5.74) is -0.0525. The summed E-state index contributed by atoms with van der Waals surface area (Å²) < 4.78 is 0. The molecular formula is C13H22N2O2. The molecule has 2 heterocycles. The monoisotopic (exact) mass is 238 g/mol. The molecule has 0 atom stereocenters. The maximum absolute atomic E-state index is 11.5. The first kappa shape index (κ1) is 12.6. The van der Waals surface area contributed by atoms with E-state index in [1.54, 1.807) is 0 Å². The van der Waals surface area contributed by atoms with Crippen LogP contribution in [-0.2, 0) is 9.59 Å². The second-order valence-corrected chi connectivity index (χ2v) is 5.81. The third-order valence-electron chi connectivity index (χ3n) is 4.16. The molecular weight excluding hydrogens is 216 g/mol. The quantitative estimate of drug-likeness (QED) is 0.701. The largest absolute Gasteiger partial charge is 0.301 e. The topological polar surface area (TPSA) is 49.4 Å². The van der Waals surface area contributed by atoms with Crippen molar-refractivity contribution in [2.45, 2.75) is 52.0 Å². The van der Waals surface area contributed by atoms with E-state index in [0.29, 0.717) is 18.9 Å². The van der Waals surface area contributed by atoms with Crippen LogP contribution in [-0.4, -0.2) is 35.8 Å². The minimum Gasteiger partial charge on any atom is -0.301 e. The number of carbonyl (C=O) groups excluding carboxylic acids is 2. The van der Waals surface area contributed by atoms with Gasteiger partial charge in [-0.05, 0) is 51.6 Å². The zero-order chi connectivity index (χ0) is 12.5. The fourth-order valence-corrected chi connectivity index (χ4v) is 3.13. The van der Waals surface area contributed by atoms with Gasteiger partial charge in [-0.25, -0.2) is 0 Å². The molecule has 96 valence electrons. The van der Waals surface area contributed by atoms with Gasteiger partial charge in [0.1, 0.15) is 0 Å². The summed E-state index contributed by atoms with van der Waals surface area (Å²) >= 11 is 0. The molecule has 4 nitrogen and oxygen atoms in total. The van der Waals surface area contributed by atoms with Crippen LogP contribution in [0.25, 0.3) is 0 Å². The van der Waals surface area contributed by atoms with Crippen LogP contribution in [0.4, 0.5) is 0 Å². The fourth-order valence-electron chi connectivity index (χ4n) is 3.13. The van der Waals surface area contributed by atoms with Crippen LogP contribution in [0.2, 0.25) is 0 Å². The zero-order valence-corrected chi connectivity index (χ0v) is 10.8. The van der Waals surface area contributed by atoms with Gasteiger partial charge in [0.05, 0.1) is 0 Å². The van der Waals surface area contributed by atoms with Crippen LogP contribution in [0.15, 0.2) is 0 Å². The van der Waals surface area contributed by atoms with Gasteiger partial charge in [0.2, 0.25) is 11.8 Å². The highest BCUT2D eigenvalue weighted by atomic mass is 16.2. The molecule has 1 spiro atoms. The first-order valence-corrected chi connectivity index (χ1v) is 6.57. The Kier molecular flexibility index (Phi) is 3.52. The maximum Gasteiger partial charge on any atom is 0.227 e. The Morgan fingerprint density at radius 3 is 2.35 bits per heavy atom. The molecule has 0 radical (unpaired) electrons. The van der Waals surface area contributed by atoms with E-state index in [2.05, 4.69) is 24.1 Å². The van der Waals surface area contributed by atoms with Crippen molar-refractivity contribution in [3.63, 3.8) is 0 Å². The molecule has 0 unspecified atom stereocenters. The van der Waals surface area contributed by atoms with Crippen LogP contribution in [0.1, 0.15) is 46.0 Å². The van der Waals surface area contributed by atoms with Crippen LogP contribution in [0.3, 0.4) is 0 Å². The molecule has 0 bridgehead atoms. The molecule has 0 aromatic carbocycles. The summed E-state index contributed by atoms with van der Waals surface area (Å²) in [5, 5.41) is 2.41. The highest BCUT2D eigenvalue weighted by Gasteiger charge is 2.40. The number of piperidine rings is 1. The normalized spacial score (nSPS) is 26.1. The van der Waals surface area contributed by atoms with Gasteiger partial charge in [-0.15, -0.1) is 0 Å². The number of nitrogens with zero attached hydrogens (tertiary/aromatic N) is 1. The maximum atomic E-state index is 11.5. The van der Waals surface area contributed by atoms with Gasteiger partial charge in [-0.1, -0.05) is 0 Å². The van der Waals surface area contributed by atoms with E-state index in [-0.39, 0.29) is 17.2 Å². The van der Waals surface area contributed by atoms with Crippen LogP contribution in [0, 0.1) is 5.41 Å². The Hall–Kier alpha value is -0.900. The number of carbonyl (C=O) groups is 2. The van der Waals surface area contributed by atoms with Crippen molar-refractivity contribution >= 4 is 11.8 Å². The Balaban J connectivity index is 2.06. The van der Waals surface area contributed by atoms with Crippen molar-refractivity contribution in [1.82, 2.24) is 10.2 Å². The Morgan fingerprint density at radius 2 is 1.76 bits per heavy atom. The average molecular weight is 238 g/mol. The molecule has 2 amide bonds. The fraction of sp³-hybridized carbons (Fsp3) is 0.846. The van der Waals surface area contributed by atoms with E-state index >= 15 is 0 Å². The second-order valence-electron chi connectivity index (χ2n) is 5.81. The first-order chi connectivity index (χ1) is 8.01. The molecule has 1 N–H and O–H groups in total. The molecule has 2 aliphatic rings. The lowest BCUT2D eigenvalue weighted by atomic mass is 9.73. The Bertz CT molecular complexity index is 309. The molecule has 17 heavy (non-hydrogen) atoms. The molecule has 2 saturated heterocycles. The average Bonchev–Trinajstić information content (AvgIpc) is 2.39. The molecule has 2 aliphatic heterocycles. The highest BCUT2D eigenvalue weighted by Crippen LogP contribution is 2.40. The number of imide groups is 1. The van der Waals surface area contributed by atoms with Crippen LogP contribution >= 0.6 is 0 Å². The van der Waals surface area contributed by atoms with Crippen molar-refractivity contribution in [3.05, 3.63) is 0 Å². The number of likely N-dealkylation sites (tertiary alicyclic amines) is 1. The second kappa shape index (κ2) is 4.77. The molecule has 0 aromatic rings. The van der Waals surface area contributed by atoms with E-state index in [1.807, 2.05) is 0 Å². The summed E-state index contributed by atoms with van der Waals surface area (Å²) in [5.74, 6) is -0.168. The molecule has 0 saturated carbocycles. The standard InChI is InChI=1S/C13H22N2O2/c1-10(2)15-6-3-4-13(5-7-15)8-11(16)14-12(17)9-13/h10H,3-9H2,1-2H3,(H,14,16,17). The van der Waals surface area contributed by atoms with Gasteiger partial charge in [0.25, 0.3) is 0 Å². The first-order valence-electron chi connectivity index (χ1n) is 6.57. The zero-order valence-electron chi connectivity index (χ0n) is 10.8. The Morgan fingerprint density at radius 1 is 1.12 bits per heavy atom. The number of nitrogens with one attached hydrogen (secondary N) is 1. The van der Waals surface area contributed by atoms with E-state index in [0.717, 1.165) is 32.4 Å². The smallest absolute Gasteiger partial charge is 0.227 e. The van der Waals surface area contributed by atoms with E-state index < -0.39 is 0 Å². The van der Waals surface area contributed by atoms with Gasteiger partial charge < -0.3 is 4.90 Å². The van der Waals surface area contributed by atoms with Crippen LogP contribution in [0.5, 0.6) is 0 Å². The van der Waals surface area contributed by atoms with Gasteiger partial charge in [-0.2, -0.15) is 0 Å². The minimum atomic E-state index is -0.0840. The number of rotatable bonds is 1. The lowest BCUT2D eigenvalue weighted by Gasteiger charge is -2.35. The lowest BCUT2D eigenvalue weighted by Crippen LogP contribution is -2.45. The highest BCUT2D eigenvalue weighted by molar-refractivity contribution is 5.98. The number of hydrogen-bond donors (Lipinski definition) is 1. The van der Waals surface area contributed by atoms with Crippen molar-refractivity contribution in [2.24, 2.45) is 5.41 Å². The van der Waals surface area contributed by atoms with Gasteiger partial charge >= 0.3 is 0 Å². The predicted octanol–water partition coefficient (Wildman–Crippen LogP) is 1.30. The summed E-state index contributed by atoms with van der Waals surface area (Å²) in [6.45, 7) is 6.51. The number of amides is 2. The lowest BCUT2D eigenvalue weighted by molar-refractivity contribution is -0.138. The van der Waals surface area contributed by atoms with Gasteiger partial charge in [-0.3, -0.25) is 14.9 Å². The van der Waals surface area contributed by atoms with E-state index in [1.165, 1.54) is 0 Å². The van der Waals surface area contributed by atoms with Crippen molar-refractivity contribution in [3.8, 4) is 0 Å². The molecule has 2 fully saturated rings. The van der Waals surface area contributed by atoms with E-state index in [9.17, 15) is 9.59 Å². The van der Waals surface area contributed by atoms with Crippen molar-refractivity contribution < 1.29 is 9.59 Å². The minimum absolute atomic E-state index is 0.0525. The van der Waals surface area contributed by atoms with Gasteiger partial charge in [0.15, 0.2) is 0 Å². The molecule has 0 aliphatic carbocycles. The van der Waals surface area contributed by atoms with Crippen LogP contribution < -0.4 is 5.32 Å².